The molecular formula is C21H28N2O3. The van der Waals surface area contributed by atoms with Gasteiger partial charge in [-0.05, 0) is 67.6 Å². The summed E-state index contributed by atoms with van der Waals surface area (Å²) >= 11 is 0. The van der Waals surface area contributed by atoms with E-state index in [-0.39, 0.29) is 11.1 Å². The molecule has 1 amide bonds. The summed E-state index contributed by atoms with van der Waals surface area (Å²) < 4.78 is 6.00. The van der Waals surface area contributed by atoms with Crippen molar-refractivity contribution in [2.75, 3.05) is 7.11 Å². The number of benzene rings is 1. The second-order valence-electron chi connectivity index (χ2n) is 8.53. The summed E-state index contributed by atoms with van der Waals surface area (Å²) in [5, 5.41) is 12.4. The third kappa shape index (κ3) is 3.43. The third-order valence-electron chi connectivity index (χ3n) is 6.63. The first kappa shape index (κ1) is 17.7. The normalized spacial score (nSPS) is 35.2. The first-order valence-corrected chi connectivity index (χ1v) is 9.55. The van der Waals surface area contributed by atoms with Crippen LogP contribution in [0.1, 0.15) is 49.7 Å². The third-order valence-corrected chi connectivity index (χ3v) is 6.63. The fraction of sp³-hybridized carbons (Fsp3) is 0.571. The molecule has 0 heterocycles. The number of nitrogens with one attached hydrogen (secondary N) is 2. The molecule has 4 bridgehead atoms. The quantitative estimate of drug-likeness (QED) is 0.416. The lowest BCUT2D eigenvalue weighted by Gasteiger charge is -2.61. The van der Waals surface area contributed by atoms with Gasteiger partial charge in [-0.25, -0.2) is 5.48 Å². The van der Waals surface area contributed by atoms with Crippen LogP contribution in [0.5, 0.6) is 0 Å². The maximum atomic E-state index is 11.0. The number of rotatable bonds is 6. The lowest BCUT2D eigenvalue weighted by molar-refractivity contribution is -0.161. The van der Waals surface area contributed by atoms with E-state index in [4.69, 9.17) is 9.94 Å². The Labute approximate surface area is 154 Å². The molecule has 0 aromatic heterocycles. The minimum Gasteiger partial charge on any atom is -0.378 e. The zero-order chi connectivity index (χ0) is 18.2. The molecule has 5 rings (SSSR count). The number of hydrogen-bond donors (Lipinski definition) is 3. The highest BCUT2D eigenvalue weighted by Crippen LogP contribution is 2.58. The van der Waals surface area contributed by atoms with Crippen molar-refractivity contribution in [2.45, 2.75) is 56.2 Å². The van der Waals surface area contributed by atoms with Crippen LogP contribution in [0.2, 0.25) is 0 Å². The molecule has 0 aliphatic heterocycles. The molecule has 4 atom stereocenters. The maximum absolute atomic E-state index is 11.0. The van der Waals surface area contributed by atoms with Crippen LogP contribution < -0.4 is 10.8 Å². The predicted octanol–water partition coefficient (Wildman–Crippen LogP) is 3.03. The van der Waals surface area contributed by atoms with Crippen molar-refractivity contribution in [3.63, 3.8) is 0 Å². The molecule has 4 aliphatic carbocycles. The van der Waals surface area contributed by atoms with Crippen molar-refractivity contribution in [1.29, 1.82) is 0 Å². The van der Waals surface area contributed by atoms with Gasteiger partial charge >= 0.3 is 0 Å². The lowest BCUT2D eigenvalue weighted by Crippen LogP contribution is -2.64. The van der Waals surface area contributed by atoms with Crippen molar-refractivity contribution >= 4 is 12.0 Å². The molecule has 0 spiro atoms. The van der Waals surface area contributed by atoms with Crippen LogP contribution in [-0.4, -0.2) is 29.4 Å². The van der Waals surface area contributed by atoms with Crippen LogP contribution in [0.25, 0.3) is 6.08 Å². The minimum atomic E-state index is -0.523. The van der Waals surface area contributed by atoms with E-state index in [1.54, 1.807) is 11.6 Å². The van der Waals surface area contributed by atoms with E-state index in [9.17, 15) is 4.79 Å². The first-order chi connectivity index (χ1) is 12.5. The van der Waals surface area contributed by atoms with Crippen LogP contribution in [0.3, 0.4) is 0 Å². The molecule has 2 unspecified atom stereocenters. The molecule has 5 heteroatoms. The summed E-state index contributed by atoms with van der Waals surface area (Å²) in [5.41, 5.74) is 4.12. The van der Waals surface area contributed by atoms with Crippen LogP contribution in [-0.2, 0) is 16.1 Å². The maximum Gasteiger partial charge on any atom is 0.267 e. The van der Waals surface area contributed by atoms with Crippen molar-refractivity contribution in [3.8, 4) is 0 Å². The van der Waals surface area contributed by atoms with Crippen LogP contribution >= 0.6 is 0 Å². The Bertz CT molecular complexity index is 684. The smallest absolute Gasteiger partial charge is 0.267 e. The van der Waals surface area contributed by atoms with Crippen molar-refractivity contribution in [3.05, 3.63) is 41.5 Å². The largest absolute Gasteiger partial charge is 0.378 e. The molecule has 0 saturated heterocycles. The predicted molar refractivity (Wildman–Crippen MR) is 99.4 cm³/mol. The molecular weight excluding hydrogens is 328 g/mol. The van der Waals surface area contributed by atoms with E-state index < -0.39 is 5.91 Å². The highest BCUT2D eigenvalue weighted by atomic mass is 16.5. The summed E-state index contributed by atoms with van der Waals surface area (Å²) in [6.45, 7) is 0.861. The minimum absolute atomic E-state index is 0.110. The summed E-state index contributed by atoms with van der Waals surface area (Å²) in [6.07, 6.45) is 10.6. The number of methoxy groups -OCH3 is 1. The van der Waals surface area contributed by atoms with Gasteiger partial charge in [0.15, 0.2) is 0 Å². The van der Waals surface area contributed by atoms with Gasteiger partial charge in [0, 0.05) is 25.3 Å². The highest BCUT2D eigenvalue weighted by molar-refractivity contribution is 5.90. The standard InChI is InChI=1S/C21H28N2O3/c1-26-21-11-17-8-18(12-21)10-20(9-17,14-21)22-13-16-4-2-15(3-5-16)6-7-19(24)23-25/h2-7,17-18,22,25H,8-14H2,1H3,(H,23,24)/b7-6+/t17-,18+,20?,21?. The Morgan fingerprint density at radius 2 is 1.92 bits per heavy atom. The summed E-state index contributed by atoms with van der Waals surface area (Å²) in [5.74, 6) is 1.10. The Morgan fingerprint density at radius 3 is 2.54 bits per heavy atom. The fourth-order valence-corrected chi connectivity index (χ4v) is 5.87. The molecule has 4 saturated carbocycles. The van der Waals surface area contributed by atoms with Gasteiger partial charge in [0.1, 0.15) is 0 Å². The summed E-state index contributed by atoms with van der Waals surface area (Å²) in [6, 6.07) is 8.18. The zero-order valence-electron chi connectivity index (χ0n) is 15.3. The van der Waals surface area contributed by atoms with Gasteiger partial charge < -0.3 is 10.1 Å². The molecule has 3 N–H and O–H groups in total. The lowest BCUT2D eigenvalue weighted by atomic mass is 9.51. The Morgan fingerprint density at radius 1 is 1.23 bits per heavy atom. The number of carbonyl (C=O) groups is 1. The molecule has 0 radical (unpaired) electrons. The van der Waals surface area contributed by atoms with Crippen LogP contribution in [0.15, 0.2) is 30.3 Å². The van der Waals surface area contributed by atoms with Gasteiger partial charge in [-0.2, -0.15) is 0 Å². The van der Waals surface area contributed by atoms with E-state index in [0.29, 0.717) is 0 Å². The van der Waals surface area contributed by atoms with Gasteiger partial charge in [0.2, 0.25) is 0 Å². The first-order valence-electron chi connectivity index (χ1n) is 9.55. The Hall–Kier alpha value is -1.69. The van der Waals surface area contributed by atoms with Crippen molar-refractivity contribution < 1.29 is 14.7 Å². The molecule has 4 fully saturated rings. The van der Waals surface area contributed by atoms with Crippen molar-refractivity contribution in [1.82, 2.24) is 10.8 Å². The van der Waals surface area contributed by atoms with E-state index in [1.807, 2.05) is 19.2 Å². The van der Waals surface area contributed by atoms with Gasteiger partial charge in [-0.3, -0.25) is 10.0 Å². The summed E-state index contributed by atoms with van der Waals surface area (Å²) in [4.78, 5) is 11.0. The molecule has 5 nitrogen and oxygen atoms in total. The van der Waals surface area contributed by atoms with E-state index >= 15 is 0 Å². The monoisotopic (exact) mass is 356 g/mol. The Balaban J connectivity index is 1.40. The van der Waals surface area contributed by atoms with E-state index in [0.717, 1.165) is 30.4 Å². The molecule has 140 valence electrons. The number of amides is 1. The fourth-order valence-electron chi connectivity index (χ4n) is 5.87. The van der Waals surface area contributed by atoms with Crippen LogP contribution in [0, 0.1) is 11.8 Å². The average Bonchev–Trinajstić information content (AvgIpc) is 2.64. The van der Waals surface area contributed by atoms with Crippen LogP contribution in [0.4, 0.5) is 0 Å². The number of hydrogen-bond acceptors (Lipinski definition) is 4. The van der Waals surface area contributed by atoms with Gasteiger partial charge in [0.05, 0.1) is 5.60 Å². The topological polar surface area (TPSA) is 70.6 Å². The van der Waals surface area contributed by atoms with Gasteiger partial charge in [-0.1, -0.05) is 24.3 Å². The van der Waals surface area contributed by atoms with Gasteiger partial charge in [-0.15, -0.1) is 0 Å². The number of carbonyl (C=O) groups excluding carboxylic acids is 1. The van der Waals surface area contributed by atoms with Crippen molar-refractivity contribution in [2.24, 2.45) is 11.8 Å². The zero-order valence-corrected chi connectivity index (χ0v) is 15.3. The van der Waals surface area contributed by atoms with E-state index in [2.05, 4.69) is 17.4 Å². The van der Waals surface area contributed by atoms with E-state index in [1.165, 1.54) is 43.7 Å². The SMILES string of the molecule is COC12C[C@@H]3C[C@@H](CC(NCc4ccc(/C=C/C(=O)NO)cc4)(C3)C1)C2. The molecule has 1 aromatic rings. The molecule has 26 heavy (non-hydrogen) atoms. The molecule has 4 aliphatic rings. The second kappa shape index (κ2) is 6.80. The second-order valence-corrected chi connectivity index (χ2v) is 8.53. The Kier molecular flexibility index (Phi) is 4.63. The average molecular weight is 356 g/mol. The van der Waals surface area contributed by atoms with Gasteiger partial charge in [0.25, 0.3) is 5.91 Å². The molecule has 1 aromatic carbocycles. The summed E-state index contributed by atoms with van der Waals surface area (Å²) in [7, 11) is 1.89. The number of ether oxygens (including phenoxy) is 1. The number of hydroxylamine groups is 1. The highest BCUT2D eigenvalue weighted by Gasteiger charge is 2.57.